The molecule has 0 spiro atoms. The zero-order valence-corrected chi connectivity index (χ0v) is 16.7. The molecule has 3 unspecified atom stereocenters. The minimum atomic E-state index is -3.05. The molecule has 1 heterocycles. The number of anilines is 1. The minimum Gasteiger partial charge on any atom is -0.489 e. The molecule has 2 aliphatic rings. The van der Waals surface area contributed by atoms with Crippen molar-refractivity contribution in [2.24, 2.45) is 11.8 Å². The van der Waals surface area contributed by atoms with Crippen LogP contribution >= 0.6 is 0 Å². The van der Waals surface area contributed by atoms with Crippen molar-refractivity contribution in [3.05, 3.63) is 24.3 Å². The maximum absolute atomic E-state index is 12.6. The predicted octanol–water partition coefficient (Wildman–Crippen LogP) is 1.69. The Labute approximate surface area is 160 Å². The van der Waals surface area contributed by atoms with Crippen LogP contribution in [0.25, 0.3) is 0 Å². The summed E-state index contributed by atoms with van der Waals surface area (Å²) in [5.74, 6) is -0.390. The number of carbonyl (C=O) groups is 2. The number of ether oxygens (including phenoxy) is 1. The van der Waals surface area contributed by atoms with Crippen LogP contribution in [0.15, 0.2) is 24.3 Å². The Morgan fingerprint density at radius 3 is 2.56 bits per heavy atom. The number of rotatable bonds is 6. The number of hydrogen-bond acceptors (Lipinski definition) is 5. The zero-order chi connectivity index (χ0) is 19.8. The number of sulfone groups is 1. The lowest BCUT2D eigenvalue weighted by molar-refractivity contribution is -0.134. The van der Waals surface area contributed by atoms with Crippen LogP contribution in [-0.4, -0.2) is 55.8 Å². The Morgan fingerprint density at radius 2 is 1.93 bits per heavy atom. The van der Waals surface area contributed by atoms with Gasteiger partial charge in [0, 0.05) is 13.1 Å². The van der Waals surface area contributed by atoms with Gasteiger partial charge in [-0.2, -0.15) is 0 Å². The van der Waals surface area contributed by atoms with Crippen molar-refractivity contribution >= 4 is 27.3 Å². The summed E-state index contributed by atoms with van der Waals surface area (Å²) in [4.78, 5) is 26.7. The summed E-state index contributed by atoms with van der Waals surface area (Å²) in [6, 6.07) is 6.92. The number of nitrogens with zero attached hydrogens (tertiary/aromatic N) is 1. The number of hydrogen-bond donors (Lipinski definition) is 1. The molecule has 148 valence electrons. The highest BCUT2D eigenvalue weighted by molar-refractivity contribution is 7.91. The summed E-state index contributed by atoms with van der Waals surface area (Å²) in [5.41, 5.74) is 0.588. The van der Waals surface area contributed by atoms with E-state index in [1.165, 1.54) is 4.90 Å². The molecular formula is C19H26N2O5S. The fourth-order valence-electron chi connectivity index (χ4n) is 3.43. The quantitative estimate of drug-likeness (QED) is 0.793. The molecule has 0 radical (unpaired) electrons. The molecule has 2 fully saturated rings. The minimum absolute atomic E-state index is 0.0126. The van der Waals surface area contributed by atoms with Crippen molar-refractivity contribution in [1.82, 2.24) is 4.90 Å². The zero-order valence-electron chi connectivity index (χ0n) is 15.8. The Bertz CT molecular complexity index is 836. The molecule has 0 bridgehead atoms. The summed E-state index contributed by atoms with van der Waals surface area (Å²) < 4.78 is 28.9. The lowest BCUT2D eigenvalue weighted by atomic mass is 10.2. The van der Waals surface area contributed by atoms with Gasteiger partial charge in [0.2, 0.25) is 11.8 Å². The first-order chi connectivity index (χ1) is 12.7. The van der Waals surface area contributed by atoms with E-state index in [0.29, 0.717) is 24.3 Å². The Kier molecular flexibility index (Phi) is 5.46. The maximum Gasteiger partial charge on any atom is 0.228 e. The molecule has 3 rings (SSSR count). The van der Waals surface area contributed by atoms with Crippen molar-refractivity contribution < 1.29 is 22.7 Å². The molecule has 1 saturated carbocycles. The van der Waals surface area contributed by atoms with Gasteiger partial charge in [0.05, 0.1) is 35.1 Å². The van der Waals surface area contributed by atoms with Gasteiger partial charge in [-0.1, -0.05) is 12.1 Å². The van der Waals surface area contributed by atoms with Crippen LogP contribution < -0.4 is 10.1 Å². The van der Waals surface area contributed by atoms with Gasteiger partial charge in [-0.3, -0.25) is 9.59 Å². The van der Waals surface area contributed by atoms with Gasteiger partial charge in [-0.05, 0) is 38.8 Å². The van der Waals surface area contributed by atoms with E-state index in [9.17, 15) is 18.0 Å². The van der Waals surface area contributed by atoms with Gasteiger partial charge in [0.1, 0.15) is 5.75 Å². The molecule has 7 nitrogen and oxygen atoms in total. The molecule has 1 saturated heterocycles. The van der Waals surface area contributed by atoms with Gasteiger partial charge in [-0.15, -0.1) is 0 Å². The maximum atomic E-state index is 12.6. The molecule has 1 aromatic rings. The second-order valence-electron chi connectivity index (χ2n) is 7.61. The fourth-order valence-corrected chi connectivity index (χ4v) is 5.21. The molecule has 2 amide bonds. The van der Waals surface area contributed by atoms with Crippen LogP contribution in [0.1, 0.15) is 26.7 Å². The van der Waals surface area contributed by atoms with Crippen molar-refractivity contribution in [1.29, 1.82) is 0 Å². The SMILES string of the molecule is CC(C)Oc1ccccc1NC(=O)C1CC1C(=O)N(C)C1CCS(=O)(=O)C1. The number of amides is 2. The van der Waals surface area contributed by atoms with Gasteiger partial charge >= 0.3 is 0 Å². The summed E-state index contributed by atoms with van der Waals surface area (Å²) >= 11 is 0. The van der Waals surface area contributed by atoms with Gasteiger partial charge in [-0.25, -0.2) is 8.42 Å². The number of para-hydroxylation sites is 2. The van der Waals surface area contributed by atoms with E-state index in [-0.39, 0.29) is 47.3 Å². The largest absolute Gasteiger partial charge is 0.489 e. The van der Waals surface area contributed by atoms with E-state index in [2.05, 4.69) is 5.32 Å². The lowest BCUT2D eigenvalue weighted by Crippen LogP contribution is -2.39. The van der Waals surface area contributed by atoms with E-state index < -0.39 is 9.84 Å². The smallest absolute Gasteiger partial charge is 0.228 e. The highest BCUT2D eigenvalue weighted by Crippen LogP contribution is 2.42. The molecule has 1 aliphatic carbocycles. The average Bonchev–Trinajstić information content (AvgIpc) is 3.32. The first-order valence-corrected chi connectivity index (χ1v) is 11.0. The van der Waals surface area contributed by atoms with Crippen molar-refractivity contribution in [3.8, 4) is 5.75 Å². The molecular weight excluding hydrogens is 368 g/mol. The lowest BCUT2D eigenvalue weighted by Gasteiger charge is -2.23. The number of carbonyl (C=O) groups excluding carboxylic acids is 2. The third-order valence-electron chi connectivity index (χ3n) is 5.06. The topological polar surface area (TPSA) is 92.8 Å². The first kappa shape index (κ1) is 19.7. The first-order valence-electron chi connectivity index (χ1n) is 9.21. The third kappa shape index (κ3) is 4.61. The summed E-state index contributed by atoms with van der Waals surface area (Å²) in [6.45, 7) is 3.82. The highest BCUT2D eigenvalue weighted by Gasteiger charge is 2.50. The molecule has 0 aromatic heterocycles. The molecule has 8 heteroatoms. The van der Waals surface area contributed by atoms with Crippen LogP contribution in [0.3, 0.4) is 0 Å². The molecule has 1 aliphatic heterocycles. The molecule has 3 atom stereocenters. The van der Waals surface area contributed by atoms with Crippen LogP contribution in [0.5, 0.6) is 5.75 Å². The van der Waals surface area contributed by atoms with E-state index in [4.69, 9.17) is 4.74 Å². The second-order valence-corrected chi connectivity index (χ2v) is 9.84. The summed E-state index contributed by atoms with van der Waals surface area (Å²) in [5, 5.41) is 2.85. The van der Waals surface area contributed by atoms with Crippen LogP contribution in [-0.2, 0) is 19.4 Å². The van der Waals surface area contributed by atoms with Crippen LogP contribution in [0.4, 0.5) is 5.69 Å². The summed E-state index contributed by atoms with van der Waals surface area (Å²) in [6.07, 6.45) is 0.935. The number of nitrogens with one attached hydrogen (secondary N) is 1. The van der Waals surface area contributed by atoms with E-state index in [1.54, 1.807) is 19.2 Å². The highest BCUT2D eigenvalue weighted by atomic mass is 32.2. The molecule has 1 N–H and O–H groups in total. The fraction of sp³-hybridized carbons (Fsp3) is 0.579. The van der Waals surface area contributed by atoms with Crippen molar-refractivity contribution in [2.75, 3.05) is 23.9 Å². The third-order valence-corrected chi connectivity index (χ3v) is 6.81. The van der Waals surface area contributed by atoms with Gasteiger partial charge < -0.3 is 15.0 Å². The van der Waals surface area contributed by atoms with Crippen LogP contribution in [0, 0.1) is 11.8 Å². The van der Waals surface area contributed by atoms with Gasteiger partial charge in [0.25, 0.3) is 0 Å². The monoisotopic (exact) mass is 394 g/mol. The molecule has 27 heavy (non-hydrogen) atoms. The number of benzene rings is 1. The Morgan fingerprint density at radius 1 is 1.22 bits per heavy atom. The van der Waals surface area contributed by atoms with E-state index in [0.717, 1.165) is 0 Å². The Hall–Kier alpha value is -2.09. The standard InChI is InChI=1S/C19H26N2O5S/c1-12(2)26-17-7-5-4-6-16(17)20-18(22)14-10-15(14)19(23)21(3)13-8-9-27(24,25)11-13/h4-7,12-15H,8-11H2,1-3H3,(H,20,22). The predicted molar refractivity (Wildman–Crippen MR) is 102 cm³/mol. The van der Waals surface area contributed by atoms with Crippen molar-refractivity contribution in [3.63, 3.8) is 0 Å². The van der Waals surface area contributed by atoms with E-state index >= 15 is 0 Å². The van der Waals surface area contributed by atoms with Crippen molar-refractivity contribution in [2.45, 2.75) is 38.8 Å². The van der Waals surface area contributed by atoms with Gasteiger partial charge in [0.15, 0.2) is 9.84 Å². The van der Waals surface area contributed by atoms with E-state index in [1.807, 2.05) is 26.0 Å². The van der Waals surface area contributed by atoms with Crippen LogP contribution in [0.2, 0.25) is 0 Å². The second kappa shape index (κ2) is 7.50. The summed E-state index contributed by atoms with van der Waals surface area (Å²) in [7, 11) is -1.42. The Balaban J connectivity index is 1.59. The average molecular weight is 394 g/mol. The molecule has 1 aromatic carbocycles. The normalized spacial score (nSPS) is 25.9.